The molecule has 0 amide bonds. The molecule has 0 saturated heterocycles. The molecule has 0 radical (unpaired) electrons. The summed E-state index contributed by atoms with van der Waals surface area (Å²) in [7, 11) is 0. The second-order valence-electron chi connectivity index (χ2n) is 9.56. The van der Waals surface area contributed by atoms with Gasteiger partial charge in [-0.25, -0.2) is 0 Å². The molecule has 4 aliphatic carbocycles. The maximum absolute atomic E-state index is 12.1. The molecule has 1 spiro atoms. The Morgan fingerprint density at radius 3 is 2.65 bits per heavy atom. The van der Waals surface area contributed by atoms with Crippen LogP contribution in [0.4, 0.5) is 0 Å². The summed E-state index contributed by atoms with van der Waals surface area (Å²) < 4.78 is 0. The molecule has 23 heavy (non-hydrogen) atoms. The Morgan fingerprint density at radius 2 is 1.96 bits per heavy atom. The van der Waals surface area contributed by atoms with E-state index in [1.54, 1.807) is 0 Å². The number of carbonyl (C=O) groups is 1. The third-order valence-electron chi connectivity index (χ3n) is 8.45. The van der Waals surface area contributed by atoms with Crippen molar-refractivity contribution in [2.45, 2.75) is 71.3 Å². The lowest BCUT2D eigenvalue weighted by molar-refractivity contribution is -0.211. The van der Waals surface area contributed by atoms with Crippen LogP contribution in [0.3, 0.4) is 0 Å². The molecule has 2 bridgehead atoms. The number of hydrogen-bond donors (Lipinski definition) is 2. The standard InChI is InChI=1S/C20H30O3/c1-12-9-20-10-13(12)5-6-15(20)18(2)7-4-8-19(3,17(22)23)16(18)14(21)11-20/h13-16,21H,1,4-11H2,2-3H3,(H,22,23)/t13-,14-,15+,16+,18+,19-,20-/m1/s1. The van der Waals surface area contributed by atoms with E-state index in [1.165, 1.54) is 24.8 Å². The van der Waals surface area contributed by atoms with Gasteiger partial charge >= 0.3 is 5.97 Å². The van der Waals surface area contributed by atoms with Gasteiger partial charge in [0, 0.05) is 5.92 Å². The second-order valence-corrected chi connectivity index (χ2v) is 9.56. The number of hydrogen-bond acceptors (Lipinski definition) is 2. The van der Waals surface area contributed by atoms with Crippen LogP contribution < -0.4 is 0 Å². The molecule has 3 nitrogen and oxygen atoms in total. The Labute approximate surface area is 139 Å². The van der Waals surface area contributed by atoms with E-state index >= 15 is 0 Å². The summed E-state index contributed by atoms with van der Waals surface area (Å²) in [6.07, 6.45) is 7.70. The fraction of sp³-hybridized carbons (Fsp3) is 0.850. The molecule has 0 aliphatic heterocycles. The SMILES string of the molecule is C=C1C[C@]23C[C@H]1CC[C@H]2[C@]1(C)CCC[C@@](C)(C(=O)O)[C@H]1[C@H](O)C3. The largest absolute Gasteiger partial charge is 0.481 e. The topological polar surface area (TPSA) is 57.5 Å². The minimum Gasteiger partial charge on any atom is -0.481 e. The predicted octanol–water partition coefficient (Wildman–Crippen LogP) is 4.01. The van der Waals surface area contributed by atoms with Crippen molar-refractivity contribution < 1.29 is 15.0 Å². The van der Waals surface area contributed by atoms with Crippen LogP contribution in [0.25, 0.3) is 0 Å². The average Bonchev–Trinajstić information content (AvgIpc) is 2.67. The molecule has 3 heteroatoms. The summed E-state index contributed by atoms with van der Waals surface area (Å²) in [4.78, 5) is 12.1. The molecule has 0 aromatic carbocycles. The third kappa shape index (κ3) is 1.83. The van der Waals surface area contributed by atoms with E-state index in [9.17, 15) is 15.0 Å². The molecule has 4 fully saturated rings. The first-order chi connectivity index (χ1) is 10.7. The van der Waals surface area contributed by atoms with Crippen molar-refractivity contribution in [2.75, 3.05) is 0 Å². The molecule has 4 rings (SSSR count). The number of carboxylic acids is 1. The predicted molar refractivity (Wildman–Crippen MR) is 88.8 cm³/mol. The van der Waals surface area contributed by atoms with E-state index in [1.807, 2.05) is 6.92 Å². The maximum Gasteiger partial charge on any atom is 0.309 e. The summed E-state index contributed by atoms with van der Waals surface area (Å²) >= 11 is 0. The van der Waals surface area contributed by atoms with E-state index in [0.717, 1.165) is 25.7 Å². The van der Waals surface area contributed by atoms with Crippen LogP contribution in [0.5, 0.6) is 0 Å². The third-order valence-corrected chi connectivity index (χ3v) is 8.45. The highest BCUT2D eigenvalue weighted by atomic mass is 16.4. The van der Waals surface area contributed by atoms with Gasteiger partial charge in [-0.15, -0.1) is 0 Å². The minimum absolute atomic E-state index is 0.0430. The molecular formula is C20H30O3. The number of rotatable bonds is 1. The molecule has 0 aromatic rings. The zero-order valence-corrected chi connectivity index (χ0v) is 14.5. The lowest BCUT2D eigenvalue weighted by atomic mass is 9.40. The Morgan fingerprint density at radius 1 is 1.22 bits per heavy atom. The average molecular weight is 318 g/mol. The van der Waals surface area contributed by atoms with Crippen LogP contribution >= 0.6 is 0 Å². The maximum atomic E-state index is 12.1. The summed E-state index contributed by atoms with van der Waals surface area (Å²) in [6.45, 7) is 8.50. The minimum atomic E-state index is -0.777. The summed E-state index contributed by atoms with van der Waals surface area (Å²) in [5.41, 5.74) is 0.763. The zero-order chi connectivity index (χ0) is 16.6. The lowest BCUT2D eigenvalue weighted by Gasteiger charge is -2.64. The van der Waals surface area contributed by atoms with Crippen molar-refractivity contribution in [3.8, 4) is 0 Å². The molecule has 7 atom stereocenters. The summed E-state index contributed by atoms with van der Waals surface area (Å²) in [6, 6.07) is 0. The summed E-state index contributed by atoms with van der Waals surface area (Å²) in [5.74, 6) is 0.376. The van der Waals surface area contributed by atoms with Gasteiger partial charge < -0.3 is 10.2 Å². The molecule has 4 saturated carbocycles. The number of aliphatic hydroxyl groups is 1. The van der Waals surface area contributed by atoms with Crippen LogP contribution in [-0.4, -0.2) is 22.3 Å². The van der Waals surface area contributed by atoms with Crippen molar-refractivity contribution in [2.24, 2.45) is 34.0 Å². The number of carboxylic acid groups (broad SMARTS) is 1. The van der Waals surface area contributed by atoms with Gasteiger partial charge in [0.1, 0.15) is 0 Å². The van der Waals surface area contributed by atoms with E-state index in [0.29, 0.717) is 18.3 Å². The number of aliphatic carboxylic acids is 1. The van der Waals surface area contributed by atoms with Crippen LogP contribution in [0.15, 0.2) is 12.2 Å². The first kappa shape index (κ1) is 15.7. The number of aliphatic hydroxyl groups excluding tert-OH is 1. The fourth-order valence-corrected chi connectivity index (χ4v) is 7.78. The normalized spacial score (nSPS) is 55.2. The summed E-state index contributed by atoms with van der Waals surface area (Å²) in [5, 5.41) is 21.0. The molecule has 0 unspecified atom stereocenters. The van der Waals surface area contributed by atoms with Crippen molar-refractivity contribution >= 4 is 5.97 Å². The fourth-order valence-electron chi connectivity index (χ4n) is 7.78. The van der Waals surface area contributed by atoms with Crippen LogP contribution in [0, 0.1) is 34.0 Å². The number of fused-ring (bicyclic) bond motifs is 3. The van der Waals surface area contributed by atoms with Gasteiger partial charge in [-0.3, -0.25) is 4.79 Å². The smallest absolute Gasteiger partial charge is 0.309 e. The molecule has 0 heterocycles. The molecule has 0 aromatic heterocycles. The van der Waals surface area contributed by atoms with Gasteiger partial charge in [0.05, 0.1) is 11.5 Å². The Balaban J connectivity index is 1.80. The molecule has 128 valence electrons. The quantitative estimate of drug-likeness (QED) is 0.718. The van der Waals surface area contributed by atoms with Gasteiger partial charge in [0.2, 0.25) is 0 Å². The molecule has 2 N–H and O–H groups in total. The van der Waals surface area contributed by atoms with E-state index in [-0.39, 0.29) is 16.7 Å². The Bertz CT molecular complexity index is 569. The molecule has 4 aliphatic rings. The van der Waals surface area contributed by atoms with Gasteiger partial charge in [0.25, 0.3) is 0 Å². The highest BCUT2D eigenvalue weighted by Gasteiger charge is 2.67. The second kappa shape index (κ2) is 4.62. The van der Waals surface area contributed by atoms with Crippen molar-refractivity contribution in [1.82, 2.24) is 0 Å². The highest BCUT2D eigenvalue weighted by molar-refractivity contribution is 5.75. The van der Waals surface area contributed by atoms with E-state index in [4.69, 9.17) is 0 Å². The van der Waals surface area contributed by atoms with E-state index < -0.39 is 17.5 Å². The highest BCUT2D eigenvalue weighted by Crippen LogP contribution is 2.72. The first-order valence-electron chi connectivity index (χ1n) is 9.32. The van der Waals surface area contributed by atoms with Gasteiger partial charge in [-0.2, -0.15) is 0 Å². The zero-order valence-electron chi connectivity index (χ0n) is 14.5. The first-order valence-corrected chi connectivity index (χ1v) is 9.32. The lowest BCUT2D eigenvalue weighted by Crippen LogP contribution is -2.63. The van der Waals surface area contributed by atoms with Crippen molar-refractivity contribution in [3.63, 3.8) is 0 Å². The van der Waals surface area contributed by atoms with Gasteiger partial charge in [-0.1, -0.05) is 25.5 Å². The van der Waals surface area contributed by atoms with Gasteiger partial charge in [0.15, 0.2) is 0 Å². The monoisotopic (exact) mass is 318 g/mol. The molecular weight excluding hydrogens is 288 g/mol. The Hall–Kier alpha value is -0.830. The van der Waals surface area contributed by atoms with Gasteiger partial charge in [-0.05, 0) is 74.5 Å². The Kier molecular flexibility index (Phi) is 3.15. The number of allylic oxidation sites excluding steroid dienone is 1. The van der Waals surface area contributed by atoms with Crippen LogP contribution in [0.1, 0.15) is 65.2 Å². The van der Waals surface area contributed by atoms with E-state index in [2.05, 4.69) is 13.5 Å². The van der Waals surface area contributed by atoms with Crippen LogP contribution in [0.2, 0.25) is 0 Å². The van der Waals surface area contributed by atoms with Crippen LogP contribution in [-0.2, 0) is 4.79 Å². The van der Waals surface area contributed by atoms with Crippen molar-refractivity contribution in [1.29, 1.82) is 0 Å². The van der Waals surface area contributed by atoms with Crippen molar-refractivity contribution in [3.05, 3.63) is 12.2 Å².